The predicted molar refractivity (Wildman–Crippen MR) is 176 cm³/mol. The van der Waals surface area contributed by atoms with Gasteiger partial charge in [0.05, 0.1) is 5.41 Å². The average Bonchev–Trinajstić information content (AvgIpc) is 3.69. The van der Waals surface area contributed by atoms with E-state index in [1.54, 1.807) is 0 Å². The molecule has 7 aromatic carbocycles. The molecule has 3 aliphatic rings. The molecule has 2 heterocycles. The third kappa shape index (κ3) is 2.42. The van der Waals surface area contributed by atoms with Crippen LogP contribution in [-0.4, -0.2) is 0 Å². The van der Waals surface area contributed by atoms with Crippen molar-refractivity contribution in [3.05, 3.63) is 156 Å². The van der Waals surface area contributed by atoms with Crippen molar-refractivity contribution in [2.24, 2.45) is 0 Å². The molecule has 1 spiro atoms. The lowest BCUT2D eigenvalue weighted by atomic mass is 9.69. The lowest BCUT2D eigenvalue weighted by Crippen LogP contribution is -2.26. The SMILES string of the molecule is c1ccc2c(c1)Nc1cccc3c4c(cc-2c13)C1(c2ccccc2-4)c2ccccc2-c2c1ccc1c2oc2ccccc21. The Morgan fingerprint density at radius 1 is 0.442 bits per heavy atom. The summed E-state index contributed by atoms with van der Waals surface area (Å²) in [7, 11) is 0. The van der Waals surface area contributed by atoms with E-state index in [2.05, 4.69) is 139 Å². The highest BCUT2D eigenvalue weighted by molar-refractivity contribution is 6.19. The van der Waals surface area contributed by atoms with Crippen LogP contribution in [-0.2, 0) is 5.41 Å². The van der Waals surface area contributed by atoms with Gasteiger partial charge in [-0.05, 0) is 74.2 Å². The molecule has 1 atom stereocenters. The molecule has 198 valence electrons. The molecule has 1 N–H and O–H groups in total. The highest BCUT2D eigenvalue weighted by Crippen LogP contribution is 2.66. The van der Waals surface area contributed by atoms with Gasteiger partial charge in [-0.2, -0.15) is 0 Å². The summed E-state index contributed by atoms with van der Waals surface area (Å²) in [5.41, 5.74) is 16.8. The molecule has 0 fully saturated rings. The Morgan fingerprint density at radius 2 is 1.12 bits per heavy atom. The number of hydrogen-bond acceptors (Lipinski definition) is 2. The Labute approximate surface area is 247 Å². The molecule has 0 bridgehead atoms. The molecule has 43 heavy (non-hydrogen) atoms. The summed E-state index contributed by atoms with van der Waals surface area (Å²) in [5, 5.41) is 8.67. The number of rotatable bonds is 0. The highest BCUT2D eigenvalue weighted by Gasteiger charge is 2.53. The van der Waals surface area contributed by atoms with Gasteiger partial charge in [0, 0.05) is 38.7 Å². The Balaban J connectivity index is 1.37. The zero-order valence-corrected chi connectivity index (χ0v) is 23.1. The van der Waals surface area contributed by atoms with Crippen LogP contribution in [0.4, 0.5) is 11.4 Å². The molecule has 0 saturated heterocycles. The summed E-state index contributed by atoms with van der Waals surface area (Å²) in [6, 6.07) is 49.1. The molecule has 1 aromatic heterocycles. The third-order valence-electron chi connectivity index (χ3n) is 10.2. The molecule has 0 saturated carbocycles. The molecule has 11 rings (SSSR count). The molecule has 2 heteroatoms. The first-order chi connectivity index (χ1) is 21.3. The fraction of sp³-hybridized carbons (Fsp3) is 0.0244. The van der Waals surface area contributed by atoms with E-state index in [-0.39, 0.29) is 0 Å². The second-order valence-electron chi connectivity index (χ2n) is 12.0. The summed E-state index contributed by atoms with van der Waals surface area (Å²) in [5.74, 6) is 0. The Bertz CT molecular complexity index is 2550. The molecular weight excluding hydrogens is 522 g/mol. The van der Waals surface area contributed by atoms with Crippen LogP contribution in [0.1, 0.15) is 22.3 Å². The van der Waals surface area contributed by atoms with Crippen molar-refractivity contribution >= 4 is 44.1 Å². The van der Waals surface area contributed by atoms with Crippen LogP contribution >= 0.6 is 0 Å². The van der Waals surface area contributed by atoms with Crippen LogP contribution in [0.15, 0.2) is 138 Å². The standard InChI is InChI=1S/C41H23NO/c1-5-15-30-26(12-1)37-28-14-9-18-35-38(28)29(23-10-3-7-17-34(23)42-35)22-33(37)41(30)31-16-6-2-13-27(31)39-32(41)21-20-25-24-11-4-8-19-36(24)43-40(25)39/h1-22,42H. The normalized spacial score (nSPS) is 16.7. The van der Waals surface area contributed by atoms with E-state index in [1.165, 1.54) is 77.5 Å². The Kier molecular flexibility index (Phi) is 3.81. The number of nitrogens with one attached hydrogen (secondary N) is 1. The van der Waals surface area contributed by atoms with E-state index in [0.717, 1.165) is 22.2 Å². The first-order valence-electron chi connectivity index (χ1n) is 14.9. The number of benzene rings is 7. The first-order valence-corrected chi connectivity index (χ1v) is 14.9. The zero-order valence-electron chi connectivity index (χ0n) is 23.1. The molecule has 2 aliphatic carbocycles. The highest BCUT2D eigenvalue weighted by atomic mass is 16.3. The molecule has 1 unspecified atom stereocenters. The van der Waals surface area contributed by atoms with Crippen molar-refractivity contribution in [2.45, 2.75) is 5.41 Å². The summed E-state index contributed by atoms with van der Waals surface area (Å²) < 4.78 is 6.71. The first kappa shape index (κ1) is 22.1. The topological polar surface area (TPSA) is 25.2 Å². The molecule has 0 amide bonds. The quantitative estimate of drug-likeness (QED) is 0.205. The number of furan rings is 1. The van der Waals surface area contributed by atoms with Gasteiger partial charge >= 0.3 is 0 Å². The third-order valence-corrected chi connectivity index (χ3v) is 10.2. The van der Waals surface area contributed by atoms with Crippen molar-refractivity contribution in [2.75, 3.05) is 5.32 Å². The lowest BCUT2D eigenvalue weighted by molar-refractivity contribution is 0.669. The van der Waals surface area contributed by atoms with Gasteiger partial charge in [-0.3, -0.25) is 0 Å². The lowest BCUT2D eigenvalue weighted by Gasteiger charge is -2.32. The number of fused-ring (bicyclic) bond motifs is 17. The summed E-state index contributed by atoms with van der Waals surface area (Å²) in [6.07, 6.45) is 0. The molecular formula is C41H23NO. The predicted octanol–water partition coefficient (Wildman–Crippen LogP) is 10.8. The van der Waals surface area contributed by atoms with Crippen molar-refractivity contribution in [3.8, 4) is 33.4 Å². The second kappa shape index (κ2) is 7.42. The smallest absolute Gasteiger partial charge is 0.143 e. The van der Waals surface area contributed by atoms with E-state index >= 15 is 0 Å². The molecule has 8 aromatic rings. The van der Waals surface area contributed by atoms with Gasteiger partial charge in [0.15, 0.2) is 0 Å². The van der Waals surface area contributed by atoms with Gasteiger partial charge < -0.3 is 9.73 Å². The fourth-order valence-corrected chi connectivity index (χ4v) is 8.65. The second-order valence-corrected chi connectivity index (χ2v) is 12.0. The fourth-order valence-electron chi connectivity index (χ4n) is 8.65. The average molecular weight is 546 g/mol. The van der Waals surface area contributed by atoms with E-state index in [0.29, 0.717) is 0 Å². The minimum absolute atomic E-state index is 0.453. The largest absolute Gasteiger partial charge is 0.455 e. The van der Waals surface area contributed by atoms with Crippen LogP contribution < -0.4 is 5.32 Å². The maximum Gasteiger partial charge on any atom is 0.143 e. The molecule has 1 aliphatic heterocycles. The minimum atomic E-state index is -0.453. The van der Waals surface area contributed by atoms with Crippen molar-refractivity contribution < 1.29 is 4.42 Å². The summed E-state index contributed by atoms with van der Waals surface area (Å²) in [6.45, 7) is 0. The van der Waals surface area contributed by atoms with Crippen LogP contribution in [0, 0.1) is 0 Å². The van der Waals surface area contributed by atoms with E-state index in [1.807, 2.05) is 0 Å². The minimum Gasteiger partial charge on any atom is -0.455 e. The van der Waals surface area contributed by atoms with Crippen molar-refractivity contribution in [1.82, 2.24) is 0 Å². The van der Waals surface area contributed by atoms with Gasteiger partial charge in [-0.15, -0.1) is 0 Å². The molecule has 2 nitrogen and oxygen atoms in total. The number of para-hydroxylation sites is 2. The molecule has 0 radical (unpaired) electrons. The van der Waals surface area contributed by atoms with Crippen LogP contribution in [0.3, 0.4) is 0 Å². The van der Waals surface area contributed by atoms with Gasteiger partial charge in [-0.1, -0.05) is 109 Å². The van der Waals surface area contributed by atoms with Crippen LogP contribution in [0.5, 0.6) is 0 Å². The van der Waals surface area contributed by atoms with Crippen LogP contribution in [0.25, 0.3) is 66.1 Å². The zero-order chi connectivity index (χ0) is 27.9. The van der Waals surface area contributed by atoms with E-state index < -0.39 is 5.41 Å². The van der Waals surface area contributed by atoms with E-state index in [9.17, 15) is 0 Å². The number of anilines is 2. The Morgan fingerprint density at radius 3 is 1.98 bits per heavy atom. The monoisotopic (exact) mass is 545 g/mol. The number of hydrogen-bond donors (Lipinski definition) is 1. The van der Waals surface area contributed by atoms with Gasteiger partial charge in [-0.25, -0.2) is 0 Å². The summed E-state index contributed by atoms with van der Waals surface area (Å²) in [4.78, 5) is 0. The van der Waals surface area contributed by atoms with Gasteiger partial charge in [0.25, 0.3) is 0 Å². The van der Waals surface area contributed by atoms with Gasteiger partial charge in [0.1, 0.15) is 11.2 Å². The Hall–Kier alpha value is -5.60. The summed E-state index contributed by atoms with van der Waals surface area (Å²) >= 11 is 0. The van der Waals surface area contributed by atoms with Crippen LogP contribution in [0.2, 0.25) is 0 Å². The maximum atomic E-state index is 6.71. The van der Waals surface area contributed by atoms with Crippen molar-refractivity contribution in [3.63, 3.8) is 0 Å². The van der Waals surface area contributed by atoms with E-state index in [4.69, 9.17) is 4.42 Å². The van der Waals surface area contributed by atoms with Gasteiger partial charge in [0.2, 0.25) is 0 Å². The maximum absolute atomic E-state index is 6.71. The van der Waals surface area contributed by atoms with Crippen molar-refractivity contribution in [1.29, 1.82) is 0 Å².